The first-order valence-corrected chi connectivity index (χ1v) is 5.19. The third-order valence-corrected chi connectivity index (χ3v) is 3.94. The summed E-state index contributed by atoms with van der Waals surface area (Å²) in [7, 11) is 0. The summed E-state index contributed by atoms with van der Waals surface area (Å²) in [6.45, 7) is 0. The summed E-state index contributed by atoms with van der Waals surface area (Å²) in [6.07, 6.45) is 0.811. The normalized spacial score (nSPS) is 10.5. The standard InChI is InChI=1S/C9H5BrO2S/c10-9-6-2-1-5(12)3-7(6)13-8(9)4-11/h1-4,12H. The van der Waals surface area contributed by atoms with Crippen LogP contribution in [0.25, 0.3) is 10.1 Å². The Morgan fingerprint density at radius 1 is 1.46 bits per heavy atom. The van der Waals surface area contributed by atoms with Gasteiger partial charge in [-0.05, 0) is 34.1 Å². The van der Waals surface area contributed by atoms with E-state index in [9.17, 15) is 9.90 Å². The van der Waals surface area contributed by atoms with Gasteiger partial charge in [-0.15, -0.1) is 11.3 Å². The molecule has 0 atom stereocenters. The van der Waals surface area contributed by atoms with Crippen molar-refractivity contribution in [2.45, 2.75) is 0 Å². The van der Waals surface area contributed by atoms with E-state index in [1.807, 2.05) is 0 Å². The Labute approximate surface area is 86.9 Å². The van der Waals surface area contributed by atoms with Crippen LogP contribution in [0.4, 0.5) is 0 Å². The fraction of sp³-hybridized carbons (Fsp3) is 0. The lowest BCUT2D eigenvalue weighted by Gasteiger charge is -1.91. The zero-order valence-corrected chi connectivity index (χ0v) is 8.85. The van der Waals surface area contributed by atoms with Crippen LogP contribution >= 0.6 is 27.3 Å². The second kappa shape index (κ2) is 3.12. The Morgan fingerprint density at radius 2 is 2.23 bits per heavy atom. The Morgan fingerprint density at radius 3 is 2.92 bits per heavy atom. The van der Waals surface area contributed by atoms with Gasteiger partial charge in [0.15, 0.2) is 6.29 Å². The molecular formula is C9H5BrO2S. The number of hydrogen-bond acceptors (Lipinski definition) is 3. The molecule has 0 saturated carbocycles. The lowest BCUT2D eigenvalue weighted by Crippen LogP contribution is -1.69. The highest BCUT2D eigenvalue weighted by Gasteiger charge is 2.08. The topological polar surface area (TPSA) is 37.3 Å². The van der Waals surface area contributed by atoms with E-state index >= 15 is 0 Å². The second-order valence-corrected chi connectivity index (χ2v) is 4.46. The average Bonchev–Trinajstić information content (AvgIpc) is 2.42. The third-order valence-electron chi connectivity index (χ3n) is 1.74. The molecule has 66 valence electrons. The number of thiophene rings is 1. The molecule has 2 aromatic rings. The van der Waals surface area contributed by atoms with Crippen molar-refractivity contribution in [2.24, 2.45) is 0 Å². The minimum Gasteiger partial charge on any atom is -0.508 e. The van der Waals surface area contributed by atoms with Crippen LogP contribution in [0.3, 0.4) is 0 Å². The SMILES string of the molecule is O=Cc1sc2cc(O)ccc2c1Br. The van der Waals surface area contributed by atoms with Crippen molar-refractivity contribution in [1.82, 2.24) is 0 Å². The number of carbonyl (C=O) groups is 1. The van der Waals surface area contributed by atoms with Gasteiger partial charge >= 0.3 is 0 Å². The van der Waals surface area contributed by atoms with Crippen molar-refractivity contribution in [3.63, 3.8) is 0 Å². The number of aldehydes is 1. The number of fused-ring (bicyclic) bond motifs is 1. The zero-order chi connectivity index (χ0) is 9.42. The third kappa shape index (κ3) is 1.36. The molecule has 0 unspecified atom stereocenters. The van der Waals surface area contributed by atoms with Crippen molar-refractivity contribution < 1.29 is 9.90 Å². The minimum absolute atomic E-state index is 0.221. The van der Waals surface area contributed by atoms with Gasteiger partial charge in [0.25, 0.3) is 0 Å². The summed E-state index contributed by atoms with van der Waals surface area (Å²) in [4.78, 5) is 11.3. The summed E-state index contributed by atoms with van der Waals surface area (Å²) in [5.74, 6) is 0.221. The fourth-order valence-electron chi connectivity index (χ4n) is 1.15. The first-order valence-electron chi connectivity index (χ1n) is 3.58. The molecule has 1 heterocycles. The molecule has 13 heavy (non-hydrogen) atoms. The molecule has 0 fully saturated rings. The van der Waals surface area contributed by atoms with Gasteiger partial charge in [-0.2, -0.15) is 0 Å². The maximum atomic E-state index is 10.6. The Hall–Kier alpha value is -0.870. The smallest absolute Gasteiger partial charge is 0.161 e. The van der Waals surface area contributed by atoms with Gasteiger partial charge in [0.2, 0.25) is 0 Å². The van der Waals surface area contributed by atoms with Crippen LogP contribution in [0.5, 0.6) is 5.75 Å². The zero-order valence-electron chi connectivity index (χ0n) is 6.45. The summed E-state index contributed by atoms with van der Waals surface area (Å²) in [5, 5.41) is 10.2. The number of benzene rings is 1. The van der Waals surface area contributed by atoms with Gasteiger partial charge < -0.3 is 5.11 Å². The van der Waals surface area contributed by atoms with E-state index in [0.29, 0.717) is 4.88 Å². The monoisotopic (exact) mass is 256 g/mol. The van der Waals surface area contributed by atoms with Gasteiger partial charge in [-0.3, -0.25) is 4.79 Å². The first kappa shape index (κ1) is 8.72. The van der Waals surface area contributed by atoms with E-state index in [1.165, 1.54) is 11.3 Å². The highest BCUT2D eigenvalue weighted by Crippen LogP contribution is 2.36. The molecule has 1 aromatic heterocycles. The highest BCUT2D eigenvalue weighted by molar-refractivity contribution is 9.10. The number of phenolic OH excluding ortho intramolecular Hbond substituents is 1. The van der Waals surface area contributed by atoms with E-state index in [-0.39, 0.29) is 5.75 Å². The van der Waals surface area contributed by atoms with Crippen molar-refractivity contribution in [3.8, 4) is 5.75 Å². The van der Waals surface area contributed by atoms with Crippen molar-refractivity contribution in [3.05, 3.63) is 27.5 Å². The van der Waals surface area contributed by atoms with Crippen molar-refractivity contribution >= 4 is 43.6 Å². The molecule has 0 spiro atoms. The van der Waals surface area contributed by atoms with E-state index < -0.39 is 0 Å². The summed E-state index contributed by atoms with van der Waals surface area (Å²) in [6, 6.07) is 5.05. The molecule has 1 aromatic carbocycles. The molecule has 0 aliphatic rings. The molecule has 0 bridgehead atoms. The molecule has 0 radical (unpaired) electrons. The number of hydrogen-bond donors (Lipinski definition) is 1. The van der Waals surface area contributed by atoms with E-state index in [4.69, 9.17) is 0 Å². The molecular weight excluding hydrogens is 252 g/mol. The predicted octanol–water partition coefficient (Wildman–Crippen LogP) is 3.18. The molecule has 0 saturated heterocycles. The van der Waals surface area contributed by atoms with Crippen LogP contribution in [0.1, 0.15) is 9.67 Å². The Kier molecular flexibility index (Phi) is 2.09. The molecule has 2 rings (SSSR count). The molecule has 0 aliphatic carbocycles. The molecule has 0 aliphatic heterocycles. The second-order valence-electron chi connectivity index (χ2n) is 2.58. The number of aromatic hydroxyl groups is 1. The number of phenols is 1. The lowest BCUT2D eigenvalue weighted by atomic mass is 10.2. The van der Waals surface area contributed by atoms with Gasteiger partial charge in [0.1, 0.15) is 5.75 Å². The maximum absolute atomic E-state index is 10.6. The van der Waals surface area contributed by atoms with Gasteiger partial charge in [-0.25, -0.2) is 0 Å². The van der Waals surface area contributed by atoms with E-state index in [0.717, 1.165) is 20.8 Å². The van der Waals surface area contributed by atoms with Crippen LogP contribution in [0, 0.1) is 0 Å². The van der Waals surface area contributed by atoms with Crippen LogP contribution in [-0.2, 0) is 0 Å². The number of carbonyl (C=O) groups excluding carboxylic acids is 1. The van der Waals surface area contributed by atoms with E-state index in [2.05, 4.69) is 15.9 Å². The summed E-state index contributed by atoms with van der Waals surface area (Å²) < 4.78 is 1.72. The number of halogens is 1. The van der Waals surface area contributed by atoms with Crippen molar-refractivity contribution in [1.29, 1.82) is 0 Å². The lowest BCUT2D eigenvalue weighted by molar-refractivity contribution is 0.112. The Balaban J connectivity index is 2.83. The molecule has 0 amide bonds. The van der Waals surface area contributed by atoms with Gasteiger partial charge in [-0.1, -0.05) is 0 Å². The number of rotatable bonds is 1. The van der Waals surface area contributed by atoms with E-state index in [1.54, 1.807) is 18.2 Å². The minimum atomic E-state index is 0.221. The molecule has 4 heteroatoms. The van der Waals surface area contributed by atoms with Crippen LogP contribution in [0.15, 0.2) is 22.7 Å². The largest absolute Gasteiger partial charge is 0.508 e. The fourth-order valence-corrected chi connectivity index (χ4v) is 2.91. The van der Waals surface area contributed by atoms with Crippen molar-refractivity contribution in [2.75, 3.05) is 0 Å². The first-order chi connectivity index (χ1) is 6.22. The van der Waals surface area contributed by atoms with Gasteiger partial charge in [0, 0.05) is 14.6 Å². The van der Waals surface area contributed by atoms with Crippen LogP contribution in [-0.4, -0.2) is 11.4 Å². The summed E-state index contributed by atoms with van der Waals surface area (Å²) in [5.41, 5.74) is 0. The molecule has 1 N–H and O–H groups in total. The van der Waals surface area contributed by atoms with Gasteiger partial charge in [0.05, 0.1) is 4.88 Å². The predicted molar refractivity (Wildman–Crippen MR) is 56.6 cm³/mol. The molecule has 2 nitrogen and oxygen atoms in total. The Bertz CT molecular complexity index is 476. The highest BCUT2D eigenvalue weighted by atomic mass is 79.9. The van der Waals surface area contributed by atoms with Crippen LogP contribution in [0.2, 0.25) is 0 Å². The average molecular weight is 257 g/mol. The maximum Gasteiger partial charge on any atom is 0.161 e. The van der Waals surface area contributed by atoms with Crippen LogP contribution < -0.4 is 0 Å². The quantitative estimate of drug-likeness (QED) is 0.796. The summed E-state index contributed by atoms with van der Waals surface area (Å²) >= 11 is 4.70.